The summed E-state index contributed by atoms with van der Waals surface area (Å²) in [4.78, 5) is 22.6. The lowest BCUT2D eigenvalue weighted by molar-refractivity contribution is -0.123. The Bertz CT molecular complexity index is 249. The summed E-state index contributed by atoms with van der Waals surface area (Å²) in [7, 11) is 0. The summed E-state index contributed by atoms with van der Waals surface area (Å²) in [6.07, 6.45) is 1.05. The van der Waals surface area contributed by atoms with Crippen molar-refractivity contribution in [1.29, 1.82) is 0 Å². The molecule has 4 nitrogen and oxygen atoms in total. The van der Waals surface area contributed by atoms with E-state index in [1.165, 1.54) is 0 Å². The molecule has 0 saturated carbocycles. The lowest BCUT2D eigenvalue weighted by Crippen LogP contribution is -2.42. The van der Waals surface area contributed by atoms with E-state index in [9.17, 15) is 9.59 Å². The molecule has 0 aliphatic heterocycles. The molecular weight excluding hydrogens is 272 g/mol. The van der Waals surface area contributed by atoms with Gasteiger partial charge in [0.2, 0.25) is 11.8 Å². The summed E-state index contributed by atoms with van der Waals surface area (Å²) in [5.74, 6) is -0.110. The second-order valence-corrected chi connectivity index (χ2v) is 5.82. The van der Waals surface area contributed by atoms with Gasteiger partial charge < -0.3 is 10.6 Å². The van der Waals surface area contributed by atoms with Gasteiger partial charge in [0.25, 0.3) is 0 Å². The van der Waals surface area contributed by atoms with Crippen LogP contribution in [0.25, 0.3) is 0 Å². The van der Waals surface area contributed by atoms with Gasteiger partial charge in [-0.15, -0.1) is 0 Å². The van der Waals surface area contributed by atoms with E-state index in [1.54, 1.807) is 0 Å². The molecule has 0 fully saturated rings. The molecule has 0 rings (SSSR count). The van der Waals surface area contributed by atoms with E-state index in [0.717, 1.165) is 6.42 Å². The van der Waals surface area contributed by atoms with Crippen LogP contribution in [0.15, 0.2) is 0 Å². The standard InChI is InChI=1S/C11H21BrN2O2/c1-5-8(12)10(16)13-7-6-9(15)14-11(2,3)4/h8H,5-7H2,1-4H3,(H,13,16)(H,14,15). The Kier molecular flexibility index (Phi) is 6.64. The van der Waals surface area contributed by atoms with Gasteiger partial charge >= 0.3 is 0 Å². The molecule has 2 N–H and O–H groups in total. The molecule has 16 heavy (non-hydrogen) atoms. The van der Waals surface area contributed by atoms with Crippen molar-refractivity contribution >= 4 is 27.7 Å². The van der Waals surface area contributed by atoms with Crippen LogP contribution in [-0.4, -0.2) is 28.7 Å². The third kappa shape index (κ3) is 7.68. The summed E-state index contributed by atoms with van der Waals surface area (Å²) in [6.45, 7) is 8.08. The molecule has 0 heterocycles. The molecule has 0 aromatic carbocycles. The second kappa shape index (κ2) is 6.89. The highest BCUT2D eigenvalue weighted by Gasteiger charge is 2.15. The van der Waals surface area contributed by atoms with Crippen LogP contribution in [0, 0.1) is 0 Å². The van der Waals surface area contributed by atoms with Crippen molar-refractivity contribution in [2.24, 2.45) is 0 Å². The molecule has 1 unspecified atom stereocenters. The molecule has 0 saturated heterocycles. The monoisotopic (exact) mass is 292 g/mol. The molecule has 0 aromatic rings. The molecule has 0 radical (unpaired) electrons. The molecule has 94 valence electrons. The average Bonchev–Trinajstić information content (AvgIpc) is 2.13. The number of nitrogens with one attached hydrogen (secondary N) is 2. The Morgan fingerprint density at radius 2 is 1.88 bits per heavy atom. The largest absolute Gasteiger partial charge is 0.355 e. The number of carbonyl (C=O) groups excluding carboxylic acids is 2. The summed E-state index contributed by atoms with van der Waals surface area (Å²) in [5.41, 5.74) is -0.220. The van der Waals surface area contributed by atoms with Gasteiger partial charge in [0.1, 0.15) is 0 Å². The van der Waals surface area contributed by atoms with Crippen LogP contribution in [0.4, 0.5) is 0 Å². The normalized spacial score (nSPS) is 13.1. The minimum atomic E-state index is -0.220. The van der Waals surface area contributed by atoms with Gasteiger partial charge in [-0.25, -0.2) is 0 Å². The van der Waals surface area contributed by atoms with E-state index in [1.807, 2.05) is 27.7 Å². The molecule has 0 aliphatic rings. The van der Waals surface area contributed by atoms with E-state index >= 15 is 0 Å². The highest BCUT2D eigenvalue weighted by atomic mass is 79.9. The molecular formula is C11H21BrN2O2. The summed E-state index contributed by atoms with van der Waals surface area (Å²) < 4.78 is 0. The summed E-state index contributed by atoms with van der Waals surface area (Å²) in [5, 5.41) is 5.54. The zero-order valence-electron chi connectivity index (χ0n) is 10.4. The van der Waals surface area contributed by atoms with Crippen LogP contribution in [0.2, 0.25) is 0 Å². The lowest BCUT2D eigenvalue weighted by atomic mass is 10.1. The van der Waals surface area contributed by atoms with Crippen molar-refractivity contribution in [3.05, 3.63) is 0 Å². The van der Waals surface area contributed by atoms with E-state index in [0.29, 0.717) is 13.0 Å². The quantitative estimate of drug-likeness (QED) is 0.756. The smallest absolute Gasteiger partial charge is 0.233 e. The molecule has 0 aromatic heterocycles. The van der Waals surface area contributed by atoms with Crippen LogP contribution in [0.3, 0.4) is 0 Å². The molecule has 0 spiro atoms. The van der Waals surface area contributed by atoms with Gasteiger partial charge in [-0.1, -0.05) is 22.9 Å². The number of amides is 2. The first-order chi connectivity index (χ1) is 7.26. The van der Waals surface area contributed by atoms with Gasteiger partial charge in [-0.05, 0) is 27.2 Å². The minimum Gasteiger partial charge on any atom is -0.355 e. The second-order valence-electron chi connectivity index (χ2n) is 4.71. The van der Waals surface area contributed by atoms with Crippen molar-refractivity contribution in [2.75, 3.05) is 6.54 Å². The molecule has 5 heteroatoms. The first-order valence-corrected chi connectivity index (χ1v) is 6.40. The maximum absolute atomic E-state index is 11.4. The maximum Gasteiger partial charge on any atom is 0.233 e. The van der Waals surface area contributed by atoms with Gasteiger partial charge in [0.05, 0.1) is 4.83 Å². The van der Waals surface area contributed by atoms with Crippen LogP contribution < -0.4 is 10.6 Å². The Labute approximate surface area is 106 Å². The van der Waals surface area contributed by atoms with Gasteiger partial charge in [-0.2, -0.15) is 0 Å². The SMILES string of the molecule is CCC(Br)C(=O)NCCC(=O)NC(C)(C)C. The number of halogens is 1. The van der Waals surface area contributed by atoms with Gasteiger partial charge in [0.15, 0.2) is 0 Å². The number of hydrogen-bond acceptors (Lipinski definition) is 2. The maximum atomic E-state index is 11.4. The fourth-order valence-corrected chi connectivity index (χ4v) is 1.24. The zero-order chi connectivity index (χ0) is 12.8. The molecule has 1 atom stereocenters. The Balaban J connectivity index is 3.75. The van der Waals surface area contributed by atoms with Crippen molar-refractivity contribution in [3.8, 4) is 0 Å². The summed E-state index contributed by atoms with van der Waals surface area (Å²) >= 11 is 3.25. The number of rotatable bonds is 5. The van der Waals surface area contributed by atoms with E-state index in [4.69, 9.17) is 0 Å². The van der Waals surface area contributed by atoms with Crippen molar-refractivity contribution < 1.29 is 9.59 Å². The number of alkyl halides is 1. The Hall–Kier alpha value is -0.580. The van der Waals surface area contributed by atoms with Crippen LogP contribution in [-0.2, 0) is 9.59 Å². The Morgan fingerprint density at radius 3 is 2.31 bits per heavy atom. The Morgan fingerprint density at radius 1 is 1.31 bits per heavy atom. The molecule has 2 amide bonds. The van der Waals surface area contributed by atoms with E-state index in [2.05, 4.69) is 26.6 Å². The lowest BCUT2D eigenvalue weighted by Gasteiger charge is -2.20. The molecule has 0 bridgehead atoms. The first-order valence-electron chi connectivity index (χ1n) is 5.49. The van der Waals surface area contributed by atoms with Crippen LogP contribution in [0.5, 0.6) is 0 Å². The van der Waals surface area contributed by atoms with E-state index in [-0.39, 0.29) is 22.2 Å². The highest BCUT2D eigenvalue weighted by molar-refractivity contribution is 9.10. The van der Waals surface area contributed by atoms with Gasteiger partial charge in [-0.3, -0.25) is 9.59 Å². The van der Waals surface area contributed by atoms with Crippen LogP contribution >= 0.6 is 15.9 Å². The zero-order valence-corrected chi connectivity index (χ0v) is 12.0. The third-order valence-corrected chi connectivity index (χ3v) is 2.87. The molecule has 0 aliphatic carbocycles. The van der Waals surface area contributed by atoms with Crippen molar-refractivity contribution in [2.45, 2.75) is 50.9 Å². The highest BCUT2D eigenvalue weighted by Crippen LogP contribution is 2.03. The minimum absolute atomic E-state index is 0.0459. The third-order valence-electron chi connectivity index (χ3n) is 1.81. The van der Waals surface area contributed by atoms with Gasteiger partial charge in [0, 0.05) is 18.5 Å². The fourth-order valence-electron chi connectivity index (χ4n) is 1.08. The van der Waals surface area contributed by atoms with Crippen LogP contribution in [0.1, 0.15) is 40.5 Å². The average molecular weight is 293 g/mol. The first kappa shape index (κ1) is 15.4. The van der Waals surface area contributed by atoms with Crippen molar-refractivity contribution in [1.82, 2.24) is 10.6 Å². The topological polar surface area (TPSA) is 58.2 Å². The predicted octanol–water partition coefficient (Wildman–Crippen LogP) is 1.58. The van der Waals surface area contributed by atoms with E-state index < -0.39 is 0 Å². The summed E-state index contributed by atoms with van der Waals surface area (Å²) in [6, 6.07) is 0. The predicted molar refractivity (Wildman–Crippen MR) is 68.5 cm³/mol. The number of carbonyl (C=O) groups is 2. The number of hydrogen-bond donors (Lipinski definition) is 2. The van der Waals surface area contributed by atoms with Crippen molar-refractivity contribution in [3.63, 3.8) is 0 Å². The fraction of sp³-hybridized carbons (Fsp3) is 0.818.